The number of benzene rings is 2. The molecule has 0 aliphatic carbocycles. The highest BCUT2D eigenvalue weighted by Gasteiger charge is 2.32. The molecular weight excluding hydrogens is 310 g/mol. The smallest absolute Gasteiger partial charge is 0.384 e. The van der Waals surface area contributed by atoms with Crippen LogP contribution in [0, 0.1) is 0 Å². The molecule has 2 rings (SSSR count). The first kappa shape index (κ1) is 16.4. The average Bonchev–Trinajstić information content (AvgIpc) is 2.45. The monoisotopic (exact) mass is 320 g/mol. The van der Waals surface area contributed by atoms with Gasteiger partial charge in [0.05, 0.1) is 11.1 Å². The second-order valence-electron chi connectivity index (χ2n) is 4.65. The highest BCUT2D eigenvalue weighted by Crippen LogP contribution is 2.33. The van der Waals surface area contributed by atoms with Gasteiger partial charge >= 0.3 is 12.4 Å². The Hall–Kier alpha value is -2.02. The predicted octanol–water partition coefficient (Wildman–Crippen LogP) is 4.81. The Morgan fingerprint density at radius 3 is 1.73 bits per heavy atom. The van der Waals surface area contributed by atoms with Crippen LogP contribution >= 0.6 is 0 Å². The average molecular weight is 320 g/mol. The van der Waals surface area contributed by atoms with Gasteiger partial charge in [-0.2, -0.15) is 26.3 Å². The van der Waals surface area contributed by atoms with E-state index in [1.54, 1.807) is 0 Å². The van der Waals surface area contributed by atoms with Crippen LogP contribution in [-0.4, -0.2) is 5.11 Å². The molecule has 118 valence electrons. The van der Waals surface area contributed by atoms with Crippen molar-refractivity contribution in [1.29, 1.82) is 0 Å². The Bertz CT molecular complexity index is 642. The minimum absolute atomic E-state index is 0.0467. The first-order chi connectivity index (χ1) is 10.1. The first-order valence-corrected chi connectivity index (χ1v) is 6.11. The van der Waals surface area contributed by atoms with Gasteiger partial charge in [0, 0.05) is 0 Å². The standard InChI is InChI=1S/C15H10F6O/c16-14(17,18)11-6-4-9(5-7-11)13(22)10-2-1-3-12(8-10)15(19,20)21/h1-8,13,22H. The quantitative estimate of drug-likeness (QED) is 0.788. The van der Waals surface area contributed by atoms with Crippen molar-refractivity contribution in [3.63, 3.8) is 0 Å². The summed E-state index contributed by atoms with van der Waals surface area (Å²) in [7, 11) is 0. The lowest BCUT2D eigenvalue weighted by atomic mass is 9.98. The molecule has 2 aromatic carbocycles. The van der Waals surface area contributed by atoms with Crippen LogP contribution in [0.15, 0.2) is 48.5 Å². The van der Waals surface area contributed by atoms with Gasteiger partial charge in [-0.05, 0) is 35.4 Å². The fraction of sp³-hybridized carbons (Fsp3) is 0.200. The number of aliphatic hydroxyl groups excluding tert-OH is 1. The minimum Gasteiger partial charge on any atom is -0.384 e. The number of rotatable bonds is 2. The Morgan fingerprint density at radius 2 is 1.23 bits per heavy atom. The maximum atomic E-state index is 12.6. The predicted molar refractivity (Wildman–Crippen MR) is 66.9 cm³/mol. The van der Waals surface area contributed by atoms with Gasteiger partial charge in [0.15, 0.2) is 0 Å². The summed E-state index contributed by atoms with van der Waals surface area (Å²) in [5.41, 5.74) is -1.80. The summed E-state index contributed by atoms with van der Waals surface area (Å²) in [4.78, 5) is 0. The molecule has 1 nitrogen and oxygen atoms in total. The zero-order valence-corrected chi connectivity index (χ0v) is 10.9. The van der Waals surface area contributed by atoms with Crippen LogP contribution < -0.4 is 0 Å². The molecule has 0 radical (unpaired) electrons. The van der Waals surface area contributed by atoms with Crippen LogP contribution in [0.4, 0.5) is 26.3 Å². The largest absolute Gasteiger partial charge is 0.416 e. The topological polar surface area (TPSA) is 20.2 Å². The minimum atomic E-state index is -4.56. The van der Waals surface area contributed by atoms with Crippen LogP contribution in [0.5, 0.6) is 0 Å². The van der Waals surface area contributed by atoms with Gasteiger partial charge in [0.1, 0.15) is 6.10 Å². The molecule has 0 aliphatic rings. The van der Waals surface area contributed by atoms with Crippen LogP contribution in [0.3, 0.4) is 0 Å². The van der Waals surface area contributed by atoms with E-state index in [1.165, 1.54) is 6.07 Å². The molecule has 0 saturated heterocycles. The van der Waals surface area contributed by atoms with Gasteiger partial charge in [-0.15, -0.1) is 0 Å². The SMILES string of the molecule is OC(c1ccc(C(F)(F)F)cc1)c1cccc(C(F)(F)F)c1. The maximum Gasteiger partial charge on any atom is 0.416 e. The summed E-state index contributed by atoms with van der Waals surface area (Å²) in [6.07, 6.45) is -10.5. The van der Waals surface area contributed by atoms with Crippen molar-refractivity contribution in [3.8, 4) is 0 Å². The van der Waals surface area contributed by atoms with Crippen molar-refractivity contribution < 1.29 is 31.4 Å². The molecule has 0 saturated carbocycles. The normalized spacial score (nSPS) is 14.0. The molecule has 0 spiro atoms. The lowest BCUT2D eigenvalue weighted by molar-refractivity contribution is -0.138. The van der Waals surface area contributed by atoms with Crippen molar-refractivity contribution in [2.24, 2.45) is 0 Å². The Kier molecular flexibility index (Phi) is 4.19. The van der Waals surface area contributed by atoms with E-state index in [4.69, 9.17) is 0 Å². The second kappa shape index (κ2) is 5.64. The summed E-state index contributed by atoms with van der Waals surface area (Å²) in [6, 6.07) is 7.63. The third-order valence-corrected chi connectivity index (χ3v) is 3.08. The van der Waals surface area contributed by atoms with E-state index in [1.807, 2.05) is 0 Å². The molecule has 0 aromatic heterocycles. The number of halogens is 6. The number of alkyl halides is 6. The molecule has 0 bridgehead atoms. The van der Waals surface area contributed by atoms with Gasteiger partial charge in [-0.25, -0.2) is 0 Å². The van der Waals surface area contributed by atoms with E-state index in [2.05, 4.69) is 0 Å². The molecule has 2 aromatic rings. The maximum absolute atomic E-state index is 12.6. The van der Waals surface area contributed by atoms with Gasteiger partial charge in [-0.1, -0.05) is 24.3 Å². The summed E-state index contributed by atoms with van der Waals surface area (Å²) >= 11 is 0. The molecule has 0 heterocycles. The van der Waals surface area contributed by atoms with Crippen molar-refractivity contribution in [1.82, 2.24) is 0 Å². The summed E-state index contributed by atoms with van der Waals surface area (Å²) < 4.78 is 75.2. The number of aliphatic hydroxyl groups is 1. The summed E-state index contributed by atoms with van der Waals surface area (Å²) in [5, 5.41) is 10.0. The molecule has 1 N–H and O–H groups in total. The summed E-state index contributed by atoms with van der Waals surface area (Å²) in [6.45, 7) is 0. The highest BCUT2D eigenvalue weighted by molar-refractivity contribution is 5.35. The zero-order chi connectivity index (χ0) is 16.5. The molecule has 0 amide bonds. The lowest BCUT2D eigenvalue weighted by Gasteiger charge is -2.15. The van der Waals surface area contributed by atoms with Gasteiger partial charge < -0.3 is 5.11 Å². The number of hydrogen-bond acceptors (Lipinski definition) is 1. The molecule has 0 fully saturated rings. The van der Waals surface area contributed by atoms with Crippen molar-refractivity contribution in [2.45, 2.75) is 18.5 Å². The number of hydrogen-bond donors (Lipinski definition) is 1. The molecule has 1 unspecified atom stereocenters. The van der Waals surface area contributed by atoms with Crippen molar-refractivity contribution >= 4 is 0 Å². The summed E-state index contributed by atoms with van der Waals surface area (Å²) in [5.74, 6) is 0. The fourth-order valence-corrected chi connectivity index (χ4v) is 1.93. The van der Waals surface area contributed by atoms with E-state index in [-0.39, 0.29) is 11.1 Å². The highest BCUT2D eigenvalue weighted by atomic mass is 19.4. The van der Waals surface area contributed by atoms with Crippen LogP contribution in [-0.2, 0) is 12.4 Å². The van der Waals surface area contributed by atoms with Crippen molar-refractivity contribution in [3.05, 3.63) is 70.8 Å². The van der Waals surface area contributed by atoms with Gasteiger partial charge in [-0.3, -0.25) is 0 Å². The molecule has 7 heteroatoms. The molecule has 22 heavy (non-hydrogen) atoms. The van der Waals surface area contributed by atoms with Crippen LogP contribution in [0.25, 0.3) is 0 Å². The zero-order valence-electron chi connectivity index (χ0n) is 10.9. The second-order valence-corrected chi connectivity index (χ2v) is 4.65. The van der Waals surface area contributed by atoms with Crippen LogP contribution in [0.1, 0.15) is 28.4 Å². The van der Waals surface area contributed by atoms with Crippen LogP contribution in [0.2, 0.25) is 0 Å². The third kappa shape index (κ3) is 3.59. The Morgan fingerprint density at radius 1 is 0.682 bits per heavy atom. The van der Waals surface area contributed by atoms with Crippen molar-refractivity contribution in [2.75, 3.05) is 0 Å². The fourth-order valence-electron chi connectivity index (χ4n) is 1.93. The van der Waals surface area contributed by atoms with E-state index in [0.717, 1.165) is 42.5 Å². The van der Waals surface area contributed by atoms with E-state index < -0.39 is 29.6 Å². The third-order valence-electron chi connectivity index (χ3n) is 3.08. The Labute approximate surface area is 121 Å². The lowest BCUT2D eigenvalue weighted by Crippen LogP contribution is -2.08. The molecular formula is C15H10F6O. The molecule has 0 aliphatic heterocycles. The molecule has 1 atom stereocenters. The van der Waals surface area contributed by atoms with E-state index in [0.29, 0.717) is 0 Å². The van der Waals surface area contributed by atoms with Gasteiger partial charge in [0.25, 0.3) is 0 Å². The Balaban J connectivity index is 2.30. The first-order valence-electron chi connectivity index (χ1n) is 6.11. The van der Waals surface area contributed by atoms with E-state index in [9.17, 15) is 31.4 Å². The van der Waals surface area contributed by atoms with E-state index >= 15 is 0 Å². The van der Waals surface area contributed by atoms with Gasteiger partial charge in [0.2, 0.25) is 0 Å².